The molecular formula is C17H16BrN3O4S. The summed E-state index contributed by atoms with van der Waals surface area (Å²) in [5, 5.41) is 10.7. The van der Waals surface area contributed by atoms with Crippen molar-refractivity contribution in [2.24, 2.45) is 5.41 Å². The van der Waals surface area contributed by atoms with Crippen LogP contribution in [-0.4, -0.2) is 35.7 Å². The summed E-state index contributed by atoms with van der Waals surface area (Å²) in [5.74, 6) is 0. The Kier molecular flexibility index (Phi) is 4.13. The van der Waals surface area contributed by atoms with Gasteiger partial charge in [0, 0.05) is 47.5 Å². The molecule has 0 N–H and O–H groups in total. The molecule has 2 aromatic rings. The Morgan fingerprint density at radius 1 is 1.19 bits per heavy atom. The molecule has 0 unspecified atom stereocenters. The number of benzene rings is 1. The lowest BCUT2D eigenvalue weighted by Gasteiger charge is -2.51. The maximum atomic E-state index is 12.8. The second-order valence-electron chi connectivity index (χ2n) is 6.96. The standard InChI is InChI=1S/C17H16BrN3O4S/c18-16-9-19-8-12-7-17(6-5-15(12)16)10-20(11-17)26(24,25)14-3-1-13(2-4-14)21(22)23/h1-4,8-9H,5-7,10-11H2. The SMILES string of the molecule is O=[N+]([O-])c1ccc(S(=O)(=O)N2CC3(CCc4c(Br)cncc4C3)C2)cc1. The topological polar surface area (TPSA) is 93.4 Å². The molecule has 7 nitrogen and oxygen atoms in total. The van der Waals surface area contributed by atoms with Crippen LogP contribution in [0.25, 0.3) is 0 Å². The average Bonchev–Trinajstić information content (AvgIpc) is 2.59. The molecule has 1 aliphatic heterocycles. The Morgan fingerprint density at radius 3 is 2.54 bits per heavy atom. The van der Waals surface area contributed by atoms with Crippen LogP contribution < -0.4 is 0 Å². The molecule has 1 aromatic carbocycles. The maximum absolute atomic E-state index is 12.8. The minimum Gasteiger partial charge on any atom is -0.263 e. The lowest BCUT2D eigenvalue weighted by atomic mass is 9.68. The molecule has 0 saturated carbocycles. The van der Waals surface area contributed by atoms with Crippen LogP contribution in [0.4, 0.5) is 5.69 Å². The third-order valence-electron chi connectivity index (χ3n) is 5.27. The Hall–Kier alpha value is -1.84. The highest BCUT2D eigenvalue weighted by Crippen LogP contribution is 2.45. The first-order valence-corrected chi connectivity index (χ1v) is 10.4. The first-order valence-electron chi connectivity index (χ1n) is 8.17. The average molecular weight is 438 g/mol. The zero-order valence-corrected chi connectivity index (χ0v) is 16.2. The second-order valence-corrected chi connectivity index (χ2v) is 9.75. The van der Waals surface area contributed by atoms with Crippen LogP contribution in [0.1, 0.15) is 17.5 Å². The van der Waals surface area contributed by atoms with Crippen LogP contribution in [0, 0.1) is 15.5 Å². The van der Waals surface area contributed by atoms with Crippen LogP contribution in [0.5, 0.6) is 0 Å². The first kappa shape index (κ1) is 17.6. The van der Waals surface area contributed by atoms with E-state index >= 15 is 0 Å². The van der Waals surface area contributed by atoms with Crippen LogP contribution in [0.2, 0.25) is 0 Å². The van der Waals surface area contributed by atoms with Crippen molar-refractivity contribution in [1.82, 2.24) is 9.29 Å². The van der Waals surface area contributed by atoms with E-state index < -0.39 is 14.9 Å². The number of nitro benzene ring substituents is 1. The number of rotatable bonds is 3. The van der Waals surface area contributed by atoms with E-state index in [4.69, 9.17) is 0 Å². The van der Waals surface area contributed by atoms with Crippen LogP contribution in [0.15, 0.2) is 46.0 Å². The van der Waals surface area contributed by atoms with E-state index in [0.29, 0.717) is 13.1 Å². The monoisotopic (exact) mass is 437 g/mol. The molecule has 1 fully saturated rings. The van der Waals surface area contributed by atoms with E-state index in [0.717, 1.165) is 23.7 Å². The van der Waals surface area contributed by atoms with E-state index in [1.54, 1.807) is 6.20 Å². The molecule has 26 heavy (non-hydrogen) atoms. The normalized spacial score (nSPS) is 19.0. The number of sulfonamides is 1. The number of fused-ring (bicyclic) bond motifs is 1. The summed E-state index contributed by atoms with van der Waals surface area (Å²) in [6, 6.07) is 5.05. The fourth-order valence-corrected chi connectivity index (χ4v) is 6.08. The van der Waals surface area contributed by atoms with E-state index in [1.165, 1.54) is 39.7 Å². The minimum absolute atomic E-state index is 0.0384. The molecule has 0 bridgehead atoms. The summed E-state index contributed by atoms with van der Waals surface area (Å²) in [6.07, 6.45) is 6.33. The number of aromatic nitrogens is 1. The van der Waals surface area contributed by atoms with Crippen molar-refractivity contribution in [3.63, 3.8) is 0 Å². The largest absolute Gasteiger partial charge is 0.269 e. The van der Waals surface area contributed by atoms with E-state index in [2.05, 4.69) is 20.9 Å². The van der Waals surface area contributed by atoms with Gasteiger partial charge in [0.2, 0.25) is 10.0 Å². The highest BCUT2D eigenvalue weighted by Gasteiger charge is 2.49. The predicted octanol–water partition coefficient (Wildman–Crippen LogP) is 2.93. The van der Waals surface area contributed by atoms with Crippen molar-refractivity contribution in [3.05, 3.63) is 62.4 Å². The van der Waals surface area contributed by atoms with Gasteiger partial charge >= 0.3 is 0 Å². The minimum atomic E-state index is -3.62. The molecule has 0 amide bonds. The number of hydrogen-bond acceptors (Lipinski definition) is 5. The smallest absolute Gasteiger partial charge is 0.263 e. The van der Waals surface area contributed by atoms with Crippen molar-refractivity contribution < 1.29 is 13.3 Å². The fraction of sp³-hybridized carbons (Fsp3) is 0.353. The molecule has 4 rings (SSSR count). The van der Waals surface area contributed by atoms with Gasteiger partial charge in [-0.3, -0.25) is 15.1 Å². The summed E-state index contributed by atoms with van der Waals surface area (Å²) >= 11 is 3.53. The van der Waals surface area contributed by atoms with Crippen LogP contribution in [-0.2, 0) is 22.9 Å². The molecule has 2 aliphatic rings. The van der Waals surface area contributed by atoms with Crippen molar-refractivity contribution >= 4 is 31.6 Å². The molecule has 0 atom stereocenters. The number of halogens is 1. The summed E-state index contributed by atoms with van der Waals surface area (Å²) < 4.78 is 28.0. The molecule has 1 saturated heterocycles. The molecule has 1 spiro atoms. The highest BCUT2D eigenvalue weighted by atomic mass is 79.9. The van der Waals surface area contributed by atoms with Gasteiger partial charge < -0.3 is 0 Å². The molecule has 9 heteroatoms. The second kappa shape index (κ2) is 6.11. The lowest BCUT2D eigenvalue weighted by molar-refractivity contribution is -0.384. The van der Waals surface area contributed by atoms with Gasteiger partial charge in [0.15, 0.2) is 0 Å². The van der Waals surface area contributed by atoms with Gasteiger partial charge in [-0.1, -0.05) is 0 Å². The molecule has 136 valence electrons. The van der Waals surface area contributed by atoms with Gasteiger partial charge in [-0.2, -0.15) is 4.31 Å². The van der Waals surface area contributed by atoms with Crippen molar-refractivity contribution in [1.29, 1.82) is 0 Å². The quantitative estimate of drug-likeness (QED) is 0.543. The molecule has 2 heterocycles. The number of nitrogens with zero attached hydrogens (tertiary/aromatic N) is 3. The van der Waals surface area contributed by atoms with E-state index in [9.17, 15) is 18.5 Å². The maximum Gasteiger partial charge on any atom is 0.269 e. The molecule has 1 aliphatic carbocycles. The zero-order chi connectivity index (χ0) is 18.5. The van der Waals surface area contributed by atoms with Crippen molar-refractivity contribution in [2.75, 3.05) is 13.1 Å². The number of non-ortho nitro benzene ring substituents is 1. The molecular weight excluding hydrogens is 422 g/mol. The summed E-state index contributed by atoms with van der Waals surface area (Å²) in [6.45, 7) is 0.941. The Labute approximate surface area is 159 Å². The Morgan fingerprint density at radius 2 is 1.88 bits per heavy atom. The van der Waals surface area contributed by atoms with Gasteiger partial charge in [0.1, 0.15) is 0 Å². The summed E-state index contributed by atoms with van der Waals surface area (Å²) in [7, 11) is -3.62. The third-order valence-corrected chi connectivity index (χ3v) is 7.76. The first-order chi connectivity index (χ1) is 12.3. The van der Waals surface area contributed by atoms with Gasteiger partial charge in [0.05, 0.1) is 9.82 Å². The van der Waals surface area contributed by atoms with Gasteiger partial charge in [-0.05, 0) is 58.5 Å². The highest BCUT2D eigenvalue weighted by molar-refractivity contribution is 9.10. The lowest BCUT2D eigenvalue weighted by Crippen LogP contribution is -2.60. The zero-order valence-electron chi connectivity index (χ0n) is 13.8. The molecule has 1 aromatic heterocycles. The summed E-state index contributed by atoms with van der Waals surface area (Å²) in [5.41, 5.74) is 2.29. The van der Waals surface area contributed by atoms with Crippen LogP contribution >= 0.6 is 15.9 Å². The number of nitro groups is 1. The summed E-state index contributed by atoms with van der Waals surface area (Å²) in [4.78, 5) is 14.5. The van der Waals surface area contributed by atoms with Crippen LogP contribution in [0.3, 0.4) is 0 Å². The predicted molar refractivity (Wildman–Crippen MR) is 98.3 cm³/mol. The Balaban J connectivity index is 1.51. The number of hydrogen-bond donors (Lipinski definition) is 0. The van der Waals surface area contributed by atoms with Gasteiger partial charge in [0.25, 0.3) is 5.69 Å². The number of pyridine rings is 1. The van der Waals surface area contributed by atoms with Gasteiger partial charge in [-0.25, -0.2) is 8.42 Å². The third kappa shape index (κ3) is 2.83. The Bertz CT molecular complexity index is 986. The van der Waals surface area contributed by atoms with E-state index in [-0.39, 0.29) is 16.0 Å². The fourth-order valence-electron chi connectivity index (χ4n) is 3.85. The van der Waals surface area contributed by atoms with Crippen molar-refractivity contribution in [3.8, 4) is 0 Å². The van der Waals surface area contributed by atoms with Gasteiger partial charge in [-0.15, -0.1) is 0 Å². The van der Waals surface area contributed by atoms with E-state index in [1.807, 2.05) is 6.20 Å². The molecule has 0 radical (unpaired) electrons. The van der Waals surface area contributed by atoms with Crippen molar-refractivity contribution in [2.45, 2.75) is 24.2 Å².